The number of carbonyl (C=O) groups is 2. The van der Waals surface area contributed by atoms with E-state index in [4.69, 9.17) is 12.2 Å². The van der Waals surface area contributed by atoms with Crippen molar-refractivity contribution in [1.29, 1.82) is 0 Å². The number of aliphatic carboxylic acids is 1. The molecule has 0 saturated carbocycles. The van der Waals surface area contributed by atoms with Crippen LogP contribution in [0, 0.1) is 0 Å². The molecule has 0 unspecified atom stereocenters. The molecule has 1 aromatic rings. The molecular weight excluding hydrogens is 318 g/mol. The van der Waals surface area contributed by atoms with E-state index in [1.165, 1.54) is 11.8 Å². The third kappa shape index (κ3) is 4.68. The minimum Gasteiger partial charge on any atom is -0.550 e. The molecule has 1 amide bonds. The molecular formula is C16H16NO3S2-. The van der Waals surface area contributed by atoms with E-state index in [1.807, 2.05) is 36.4 Å². The van der Waals surface area contributed by atoms with Crippen LogP contribution in [0.5, 0.6) is 0 Å². The van der Waals surface area contributed by atoms with Gasteiger partial charge in [-0.3, -0.25) is 9.69 Å². The predicted octanol–water partition coefficient (Wildman–Crippen LogP) is 2.20. The van der Waals surface area contributed by atoms with Gasteiger partial charge in [-0.1, -0.05) is 60.7 Å². The van der Waals surface area contributed by atoms with Gasteiger partial charge >= 0.3 is 0 Å². The van der Waals surface area contributed by atoms with Crippen molar-refractivity contribution >= 4 is 46.3 Å². The zero-order chi connectivity index (χ0) is 15.9. The van der Waals surface area contributed by atoms with Crippen LogP contribution >= 0.6 is 24.0 Å². The van der Waals surface area contributed by atoms with E-state index in [9.17, 15) is 14.7 Å². The largest absolute Gasteiger partial charge is 0.550 e. The lowest BCUT2D eigenvalue weighted by atomic mass is 10.2. The van der Waals surface area contributed by atoms with E-state index in [2.05, 4.69) is 0 Å². The van der Waals surface area contributed by atoms with Crippen LogP contribution in [0.15, 0.2) is 35.2 Å². The van der Waals surface area contributed by atoms with Crippen molar-refractivity contribution < 1.29 is 14.7 Å². The summed E-state index contributed by atoms with van der Waals surface area (Å²) in [4.78, 5) is 24.9. The first-order valence-electron chi connectivity index (χ1n) is 7.08. The van der Waals surface area contributed by atoms with Crippen LogP contribution in [0.25, 0.3) is 6.08 Å². The lowest BCUT2D eigenvalue weighted by molar-refractivity contribution is -0.305. The Morgan fingerprint density at radius 2 is 1.95 bits per heavy atom. The van der Waals surface area contributed by atoms with Gasteiger partial charge in [-0.25, -0.2) is 0 Å². The average molecular weight is 334 g/mol. The Kier molecular flexibility index (Phi) is 6.15. The highest BCUT2D eigenvalue weighted by Crippen LogP contribution is 2.32. The highest BCUT2D eigenvalue weighted by atomic mass is 32.2. The van der Waals surface area contributed by atoms with E-state index in [0.29, 0.717) is 22.2 Å². The molecule has 4 nitrogen and oxygen atoms in total. The Bertz CT molecular complexity index is 599. The van der Waals surface area contributed by atoms with Gasteiger partial charge in [0.1, 0.15) is 4.32 Å². The summed E-state index contributed by atoms with van der Waals surface area (Å²) in [6.07, 6.45) is 3.94. The van der Waals surface area contributed by atoms with E-state index < -0.39 is 5.97 Å². The first-order chi connectivity index (χ1) is 10.6. The van der Waals surface area contributed by atoms with Gasteiger partial charge in [0.25, 0.3) is 5.91 Å². The summed E-state index contributed by atoms with van der Waals surface area (Å²) >= 11 is 6.56. The molecule has 0 radical (unpaired) electrons. The number of hydrogen-bond donors (Lipinski definition) is 0. The number of thioether (sulfide) groups is 1. The Labute approximate surface area is 139 Å². The summed E-state index contributed by atoms with van der Waals surface area (Å²) in [5.74, 6) is -1.10. The van der Waals surface area contributed by atoms with Crippen LogP contribution in [0.1, 0.15) is 31.2 Å². The lowest BCUT2D eigenvalue weighted by Gasteiger charge is -2.14. The number of thiocarbonyl (C=S) groups is 1. The van der Waals surface area contributed by atoms with Gasteiger partial charge in [0.15, 0.2) is 0 Å². The number of nitrogens with zero attached hydrogens (tertiary/aromatic N) is 1. The van der Waals surface area contributed by atoms with Crippen molar-refractivity contribution in [3.05, 3.63) is 40.8 Å². The maximum Gasteiger partial charge on any atom is 0.266 e. The summed E-state index contributed by atoms with van der Waals surface area (Å²) in [5, 5.41) is 10.3. The number of unbranched alkanes of at least 4 members (excludes halogenated alkanes) is 2. The molecule has 0 atom stereocenters. The van der Waals surface area contributed by atoms with Crippen molar-refractivity contribution in [2.75, 3.05) is 6.54 Å². The predicted molar refractivity (Wildman–Crippen MR) is 89.8 cm³/mol. The van der Waals surface area contributed by atoms with Crippen LogP contribution in [0.4, 0.5) is 0 Å². The first kappa shape index (κ1) is 16.7. The van der Waals surface area contributed by atoms with Gasteiger partial charge in [0, 0.05) is 12.5 Å². The maximum atomic E-state index is 12.3. The number of carboxylic acid groups (broad SMARTS) is 1. The van der Waals surface area contributed by atoms with Crippen LogP contribution in [0.2, 0.25) is 0 Å². The zero-order valence-electron chi connectivity index (χ0n) is 12.0. The molecule has 22 heavy (non-hydrogen) atoms. The summed E-state index contributed by atoms with van der Waals surface area (Å²) in [7, 11) is 0. The highest BCUT2D eigenvalue weighted by Gasteiger charge is 2.31. The second kappa shape index (κ2) is 8.10. The minimum atomic E-state index is -1.03. The standard InChI is InChI=1S/C16H17NO3S2/c18-14(19)9-5-2-6-10-17-15(20)13(22-16(17)21)11-12-7-3-1-4-8-12/h1,3-4,7-8,11H,2,5-6,9-10H2,(H,18,19)/p-1/b13-11+. The second-order valence-electron chi connectivity index (χ2n) is 4.93. The van der Waals surface area contributed by atoms with Crippen LogP contribution in [-0.2, 0) is 9.59 Å². The van der Waals surface area contributed by atoms with E-state index in [0.717, 1.165) is 18.4 Å². The van der Waals surface area contributed by atoms with Crippen molar-refractivity contribution in [2.45, 2.75) is 25.7 Å². The Morgan fingerprint density at radius 3 is 2.64 bits per heavy atom. The second-order valence-corrected chi connectivity index (χ2v) is 6.60. The molecule has 1 fully saturated rings. The maximum absolute atomic E-state index is 12.3. The number of benzene rings is 1. The Morgan fingerprint density at radius 1 is 1.23 bits per heavy atom. The fourth-order valence-electron chi connectivity index (χ4n) is 2.11. The third-order valence-electron chi connectivity index (χ3n) is 3.23. The van der Waals surface area contributed by atoms with Gasteiger partial charge in [-0.2, -0.15) is 0 Å². The first-order valence-corrected chi connectivity index (χ1v) is 8.30. The number of hydrogen-bond acceptors (Lipinski definition) is 5. The minimum absolute atomic E-state index is 0.0618. The summed E-state index contributed by atoms with van der Waals surface area (Å²) in [5.41, 5.74) is 0.969. The molecule has 0 spiro atoms. The molecule has 0 aliphatic carbocycles. The molecule has 1 aliphatic heterocycles. The van der Waals surface area contributed by atoms with Crippen molar-refractivity contribution in [1.82, 2.24) is 4.90 Å². The van der Waals surface area contributed by atoms with Crippen molar-refractivity contribution in [3.8, 4) is 0 Å². The summed E-state index contributed by atoms with van der Waals surface area (Å²) in [6.45, 7) is 0.532. The fraction of sp³-hybridized carbons (Fsp3) is 0.312. The smallest absolute Gasteiger partial charge is 0.266 e. The lowest BCUT2D eigenvalue weighted by Crippen LogP contribution is -2.29. The summed E-state index contributed by atoms with van der Waals surface area (Å²) in [6, 6.07) is 9.64. The molecule has 1 saturated heterocycles. The molecule has 6 heteroatoms. The normalized spacial score (nSPS) is 16.5. The number of rotatable bonds is 7. The van der Waals surface area contributed by atoms with Crippen molar-refractivity contribution in [2.24, 2.45) is 0 Å². The highest BCUT2D eigenvalue weighted by molar-refractivity contribution is 8.26. The van der Waals surface area contributed by atoms with E-state index in [1.54, 1.807) is 4.90 Å². The van der Waals surface area contributed by atoms with Gasteiger partial charge in [0.2, 0.25) is 0 Å². The third-order valence-corrected chi connectivity index (χ3v) is 4.61. The Hall–Kier alpha value is -1.66. The van der Waals surface area contributed by atoms with Crippen molar-refractivity contribution in [3.63, 3.8) is 0 Å². The van der Waals surface area contributed by atoms with Crippen LogP contribution < -0.4 is 5.11 Å². The SMILES string of the molecule is O=C([O-])CCCCCN1C(=O)/C(=C\c2ccccc2)SC1=S. The molecule has 2 rings (SSSR count). The molecule has 1 aliphatic rings. The molecule has 0 aromatic heterocycles. The van der Waals surface area contributed by atoms with Gasteiger partial charge in [0.05, 0.1) is 4.91 Å². The number of carboxylic acids is 1. The van der Waals surface area contributed by atoms with Crippen LogP contribution in [-0.4, -0.2) is 27.6 Å². The van der Waals surface area contributed by atoms with Crippen LogP contribution in [0.3, 0.4) is 0 Å². The molecule has 1 aromatic carbocycles. The van der Waals surface area contributed by atoms with Gasteiger partial charge in [-0.15, -0.1) is 0 Å². The Balaban J connectivity index is 1.89. The summed E-state index contributed by atoms with van der Waals surface area (Å²) < 4.78 is 0.562. The van der Waals surface area contributed by atoms with Gasteiger partial charge < -0.3 is 9.90 Å². The quantitative estimate of drug-likeness (QED) is 0.435. The number of amides is 1. The number of carbonyl (C=O) groups excluding carboxylic acids is 2. The molecule has 1 heterocycles. The topological polar surface area (TPSA) is 60.4 Å². The monoisotopic (exact) mass is 334 g/mol. The van der Waals surface area contributed by atoms with Gasteiger partial charge in [-0.05, 0) is 30.9 Å². The zero-order valence-corrected chi connectivity index (χ0v) is 13.6. The molecule has 0 N–H and O–H groups in total. The fourth-order valence-corrected chi connectivity index (χ4v) is 3.42. The molecule has 116 valence electrons. The van der Waals surface area contributed by atoms with E-state index in [-0.39, 0.29) is 12.3 Å². The molecule has 0 bridgehead atoms. The van der Waals surface area contributed by atoms with E-state index >= 15 is 0 Å². The average Bonchev–Trinajstić information content (AvgIpc) is 2.75.